The molecule has 1 aliphatic rings. The van der Waals surface area contributed by atoms with Crippen LogP contribution < -0.4 is 5.32 Å². The second-order valence-electron chi connectivity index (χ2n) is 6.83. The fourth-order valence-electron chi connectivity index (χ4n) is 2.88. The third-order valence-electron chi connectivity index (χ3n) is 4.39. The largest absolute Gasteiger partial charge is 0.377 e. The molecule has 0 unspecified atom stereocenters. The molecular formula is C19H25FN4O2S. The van der Waals surface area contributed by atoms with Crippen LogP contribution in [0.1, 0.15) is 32.5 Å². The minimum Gasteiger partial charge on any atom is -0.377 e. The fraction of sp³-hybridized carbons (Fsp3) is 0.526. The number of rotatable bonds is 8. The van der Waals surface area contributed by atoms with Gasteiger partial charge in [-0.15, -0.1) is 10.2 Å². The summed E-state index contributed by atoms with van der Waals surface area (Å²) in [5.41, 5.74) is 0.419. The van der Waals surface area contributed by atoms with E-state index in [9.17, 15) is 9.18 Å². The average molecular weight is 393 g/mol. The quantitative estimate of drug-likeness (QED) is 0.700. The number of hydrogen-bond donors (Lipinski definition) is 1. The molecule has 1 fully saturated rings. The standard InChI is InChI=1S/C19H25FN4O2S/c1-13(2)18(25)21-10-9-17-22-23-19(27-12-14-6-5-11-26-14)24(17)16-8-4-3-7-15(16)20/h3-4,7-8,13-14H,5-6,9-12H2,1-2H3,(H,21,25)/t14-/m0/s1. The third-order valence-corrected chi connectivity index (χ3v) is 5.45. The molecule has 1 aromatic carbocycles. The van der Waals surface area contributed by atoms with Crippen molar-refractivity contribution >= 4 is 17.7 Å². The van der Waals surface area contributed by atoms with Crippen LogP contribution in [-0.2, 0) is 16.0 Å². The van der Waals surface area contributed by atoms with E-state index in [4.69, 9.17) is 4.74 Å². The Morgan fingerprint density at radius 2 is 2.22 bits per heavy atom. The lowest BCUT2D eigenvalue weighted by Gasteiger charge is -2.13. The van der Waals surface area contributed by atoms with Gasteiger partial charge in [0, 0.05) is 31.2 Å². The SMILES string of the molecule is CC(C)C(=O)NCCc1nnc(SC[C@@H]2CCCO2)n1-c1ccccc1F. The number of para-hydroxylation sites is 1. The van der Waals surface area contributed by atoms with E-state index in [1.54, 1.807) is 22.8 Å². The number of halogens is 1. The molecule has 0 aliphatic carbocycles. The van der Waals surface area contributed by atoms with Crippen LogP contribution in [0.15, 0.2) is 29.4 Å². The maximum Gasteiger partial charge on any atom is 0.222 e. The number of benzene rings is 1. The van der Waals surface area contributed by atoms with E-state index in [1.165, 1.54) is 17.8 Å². The molecule has 1 N–H and O–H groups in total. The fourth-order valence-corrected chi connectivity index (χ4v) is 3.90. The van der Waals surface area contributed by atoms with Crippen LogP contribution >= 0.6 is 11.8 Å². The van der Waals surface area contributed by atoms with Crippen LogP contribution in [0.3, 0.4) is 0 Å². The Labute approximate surface area is 162 Å². The summed E-state index contributed by atoms with van der Waals surface area (Å²) in [7, 11) is 0. The summed E-state index contributed by atoms with van der Waals surface area (Å²) < 4.78 is 21.8. The van der Waals surface area contributed by atoms with Gasteiger partial charge in [0.1, 0.15) is 11.6 Å². The van der Waals surface area contributed by atoms with Gasteiger partial charge in [-0.25, -0.2) is 4.39 Å². The first-order valence-electron chi connectivity index (χ1n) is 9.27. The van der Waals surface area contributed by atoms with Crippen molar-refractivity contribution in [3.8, 4) is 5.69 Å². The van der Waals surface area contributed by atoms with Gasteiger partial charge in [0.05, 0.1) is 11.8 Å². The van der Waals surface area contributed by atoms with Crippen molar-refractivity contribution in [1.29, 1.82) is 0 Å². The summed E-state index contributed by atoms with van der Waals surface area (Å²) in [6, 6.07) is 6.58. The van der Waals surface area contributed by atoms with E-state index in [0.29, 0.717) is 29.6 Å². The summed E-state index contributed by atoms with van der Waals surface area (Å²) in [6.45, 7) is 4.92. The zero-order chi connectivity index (χ0) is 19.2. The molecule has 0 spiro atoms. The predicted octanol–water partition coefficient (Wildman–Crippen LogP) is 2.99. The highest BCUT2D eigenvalue weighted by molar-refractivity contribution is 7.99. The van der Waals surface area contributed by atoms with Gasteiger partial charge < -0.3 is 10.1 Å². The van der Waals surface area contributed by atoms with Gasteiger partial charge >= 0.3 is 0 Å². The molecule has 8 heteroatoms. The molecule has 0 radical (unpaired) electrons. The van der Waals surface area contributed by atoms with Crippen LogP contribution in [0.2, 0.25) is 0 Å². The number of carbonyl (C=O) groups excluding carboxylic acids is 1. The molecule has 2 heterocycles. The lowest BCUT2D eigenvalue weighted by atomic mass is 10.2. The average Bonchev–Trinajstić information content (AvgIpc) is 3.30. The lowest BCUT2D eigenvalue weighted by molar-refractivity contribution is -0.123. The number of nitrogens with zero attached hydrogens (tertiary/aromatic N) is 3. The molecule has 1 atom stereocenters. The minimum atomic E-state index is -0.330. The number of thioether (sulfide) groups is 1. The topological polar surface area (TPSA) is 69.0 Å². The Balaban J connectivity index is 1.77. The van der Waals surface area contributed by atoms with E-state index in [0.717, 1.165) is 25.2 Å². The van der Waals surface area contributed by atoms with Gasteiger partial charge in [-0.05, 0) is 25.0 Å². The Bertz CT molecular complexity index is 775. The maximum absolute atomic E-state index is 14.4. The zero-order valence-electron chi connectivity index (χ0n) is 15.7. The molecule has 3 rings (SSSR count). The Morgan fingerprint density at radius 1 is 1.41 bits per heavy atom. The normalized spacial score (nSPS) is 16.8. The third kappa shape index (κ3) is 5.07. The number of carbonyl (C=O) groups is 1. The summed E-state index contributed by atoms with van der Waals surface area (Å²) in [4.78, 5) is 11.8. The van der Waals surface area contributed by atoms with Gasteiger partial charge in [-0.3, -0.25) is 9.36 Å². The maximum atomic E-state index is 14.4. The van der Waals surface area contributed by atoms with Crippen molar-refractivity contribution in [2.45, 2.75) is 44.4 Å². The Kier molecular flexibility index (Phi) is 6.84. The van der Waals surface area contributed by atoms with E-state index < -0.39 is 0 Å². The van der Waals surface area contributed by atoms with E-state index >= 15 is 0 Å². The van der Waals surface area contributed by atoms with Gasteiger partial charge in [0.15, 0.2) is 5.16 Å². The van der Waals surface area contributed by atoms with Crippen LogP contribution in [0.4, 0.5) is 4.39 Å². The number of ether oxygens (including phenoxy) is 1. The lowest BCUT2D eigenvalue weighted by Crippen LogP contribution is -2.30. The van der Waals surface area contributed by atoms with Crippen LogP contribution in [0.25, 0.3) is 5.69 Å². The van der Waals surface area contributed by atoms with Crippen molar-refractivity contribution in [2.75, 3.05) is 18.9 Å². The van der Waals surface area contributed by atoms with Crippen LogP contribution in [-0.4, -0.2) is 45.7 Å². The summed E-state index contributed by atoms with van der Waals surface area (Å²) >= 11 is 1.52. The molecule has 6 nitrogen and oxygen atoms in total. The number of amides is 1. The van der Waals surface area contributed by atoms with Crippen molar-refractivity contribution in [1.82, 2.24) is 20.1 Å². The van der Waals surface area contributed by atoms with Crippen molar-refractivity contribution in [3.63, 3.8) is 0 Å². The van der Waals surface area contributed by atoms with Crippen molar-refractivity contribution < 1.29 is 13.9 Å². The summed E-state index contributed by atoms with van der Waals surface area (Å²) in [5, 5.41) is 12.0. The molecule has 27 heavy (non-hydrogen) atoms. The molecule has 1 saturated heterocycles. The molecule has 1 aromatic heterocycles. The summed E-state index contributed by atoms with van der Waals surface area (Å²) in [6.07, 6.45) is 2.79. The monoisotopic (exact) mass is 392 g/mol. The second kappa shape index (κ2) is 9.32. The highest BCUT2D eigenvalue weighted by Gasteiger charge is 2.21. The molecule has 2 aromatic rings. The summed E-state index contributed by atoms with van der Waals surface area (Å²) in [5.74, 6) is 0.964. The molecule has 146 valence electrons. The second-order valence-corrected chi connectivity index (χ2v) is 7.81. The van der Waals surface area contributed by atoms with E-state index in [-0.39, 0.29) is 23.7 Å². The van der Waals surface area contributed by atoms with E-state index in [2.05, 4.69) is 15.5 Å². The Morgan fingerprint density at radius 3 is 2.93 bits per heavy atom. The highest BCUT2D eigenvalue weighted by atomic mass is 32.2. The van der Waals surface area contributed by atoms with Gasteiger partial charge in [-0.2, -0.15) is 0 Å². The number of aromatic nitrogens is 3. The van der Waals surface area contributed by atoms with Crippen molar-refractivity contribution in [3.05, 3.63) is 35.9 Å². The van der Waals surface area contributed by atoms with Crippen LogP contribution in [0, 0.1) is 11.7 Å². The smallest absolute Gasteiger partial charge is 0.222 e. The molecule has 0 saturated carbocycles. The minimum absolute atomic E-state index is 0.0139. The molecule has 1 aliphatic heterocycles. The predicted molar refractivity (Wildman–Crippen MR) is 103 cm³/mol. The molecule has 1 amide bonds. The highest BCUT2D eigenvalue weighted by Crippen LogP contribution is 2.27. The Hall–Kier alpha value is -1.93. The van der Waals surface area contributed by atoms with Crippen LogP contribution in [0.5, 0.6) is 0 Å². The first-order chi connectivity index (χ1) is 13.1. The first kappa shape index (κ1) is 19.8. The van der Waals surface area contributed by atoms with Crippen molar-refractivity contribution in [2.24, 2.45) is 5.92 Å². The van der Waals surface area contributed by atoms with Gasteiger partial charge in [0.2, 0.25) is 5.91 Å². The first-order valence-corrected chi connectivity index (χ1v) is 10.3. The van der Waals surface area contributed by atoms with Gasteiger partial charge in [0.25, 0.3) is 0 Å². The zero-order valence-corrected chi connectivity index (χ0v) is 16.5. The number of hydrogen-bond acceptors (Lipinski definition) is 5. The number of nitrogens with one attached hydrogen (secondary N) is 1. The molecule has 0 bridgehead atoms. The van der Waals surface area contributed by atoms with E-state index in [1.807, 2.05) is 13.8 Å². The molecular weight excluding hydrogens is 367 g/mol. The van der Waals surface area contributed by atoms with Gasteiger partial charge in [-0.1, -0.05) is 37.7 Å².